The number of aryl methyl sites for hydroxylation is 1. The third kappa shape index (κ3) is 5.50. The van der Waals surface area contributed by atoms with Gasteiger partial charge in [-0.05, 0) is 53.6 Å². The predicted molar refractivity (Wildman–Crippen MR) is 108 cm³/mol. The first-order valence-electron chi connectivity index (χ1n) is 9.06. The average molecular weight is 374 g/mol. The number of halogens is 1. The molecule has 140 valence electrons. The maximum Gasteiger partial charge on any atom is 0.258 e. The Hall–Kier alpha value is -2.00. The highest BCUT2D eigenvalue weighted by Gasteiger charge is 2.19. The highest BCUT2D eigenvalue weighted by molar-refractivity contribution is 6.31. The molecule has 0 heterocycles. The largest absolute Gasteiger partial charge is 0.484 e. The van der Waals surface area contributed by atoms with E-state index in [9.17, 15) is 4.79 Å². The van der Waals surface area contributed by atoms with Gasteiger partial charge in [0.1, 0.15) is 5.75 Å². The van der Waals surface area contributed by atoms with Gasteiger partial charge >= 0.3 is 0 Å². The number of benzene rings is 2. The number of hydrogen-bond donors (Lipinski definition) is 1. The first-order valence-corrected chi connectivity index (χ1v) is 9.44. The summed E-state index contributed by atoms with van der Waals surface area (Å²) in [5, 5.41) is 3.77. The molecule has 0 aliphatic carbocycles. The van der Waals surface area contributed by atoms with E-state index in [2.05, 4.69) is 57.3 Å². The number of carbonyl (C=O) groups is 1. The van der Waals surface area contributed by atoms with E-state index in [1.807, 2.05) is 13.0 Å². The van der Waals surface area contributed by atoms with Gasteiger partial charge in [-0.3, -0.25) is 4.79 Å². The molecular formula is C22H28ClNO2. The van der Waals surface area contributed by atoms with Crippen LogP contribution in [0.3, 0.4) is 0 Å². The Balaban J connectivity index is 2.00. The van der Waals surface area contributed by atoms with Crippen molar-refractivity contribution in [1.82, 2.24) is 5.32 Å². The van der Waals surface area contributed by atoms with E-state index in [-0.39, 0.29) is 24.5 Å². The van der Waals surface area contributed by atoms with Crippen LogP contribution >= 0.6 is 11.6 Å². The van der Waals surface area contributed by atoms with Crippen LogP contribution in [0, 0.1) is 12.8 Å². The molecule has 3 nitrogen and oxygen atoms in total. The molecule has 26 heavy (non-hydrogen) atoms. The molecule has 2 aromatic carbocycles. The molecule has 0 unspecified atom stereocenters. The molecule has 2 rings (SSSR count). The van der Waals surface area contributed by atoms with E-state index >= 15 is 0 Å². The van der Waals surface area contributed by atoms with E-state index in [0.29, 0.717) is 16.7 Å². The average Bonchev–Trinajstić information content (AvgIpc) is 2.60. The van der Waals surface area contributed by atoms with Gasteiger partial charge in [-0.15, -0.1) is 0 Å². The lowest BCUT2D eigenvalue weighted by atomic mass is 9.93. The van der Waals surface area contributed by atoms with Crippen LogP contribution in [0.5, 0.6) is 5.75 Å². The van der Waals surface area contributed by atoms with Crippen LogP contribution in [0.1, 0.15) is 56.3 Å². The summed E-state index contributed by atoms with van der Waals surface area (Å²) in [5.41, 5.74) is 3.33. The van der Waals surface area contributed by atoms with Crippen molar-refractivity contribution in [3.63, 3.8) is 0 Å². The highest BCUT2D eigenvalue weighted by atomic mass is 35.5. The fraction of sp³-hybridized carbons (Fsp3) is 0.409. The van der Waals surface area contributed by atoms with E-state index in [4.69, 9.17) is 16.3 Å². The van der Waals surface area contributed by atoms with Crippen molar-refractivity contribution in [2.45, 2.75) is 46.6 Å². The van der Waals surface area contributed by atoms with Gasteiger partial charge in [0.15, 0.2) is 6.61 Å². The standard InChI is InChI=1S/C22H28ClNO2/c1-14(2)17-6-8-18(9-7-17)22(15(3)4)24-21(25)13-26-19-10-11-20(23)16(5)12-19/h6-12,14-15,22H,13H2,1-5H3,(H,24,25)/t22-/m0/s1. The summed E-state index contributed by atoms with van der Waals surface area (Å²) in [6, 6.07) is 13.8. The molecule has 1 N–H and O–H groups in total. The van der Waals surface area contributed by atoms with E-state index in [1.165, 1.54) is 5.56 Å². The van der Waals surface area contributed by atoms with E-state index in [1.54, 1.807) is 12.1 Å². The summed E-state index contributed by atoms with van der Waals surface area (Å²) in [6.07, 6.45) is 0. The van der Waals surface area contributed by atoms with Gasteiger partial charge in [-0.1, -0.05) is 63.6 Å². The summed E-state index contributed by atoms with van der Waals surface area (Å²) < 4.78 is 5.60. The van der Waals surface area contributed by atoms with Crippen molar-refractivity contribution in [1.29, 1.82) is 0 Å². The number of hydrogen-bond acceptors (Lipinski definition) is 2. The summed E-state index contributed by atoms with van der Waals surface area (Å²) in [7, 11) is 0. The topological polar surface area (TPSA) is 38.3 Å². The number of rotatable bonds is 7. The lowest BCUT2D eigenvalue weighted by Crippen LogP contribution is -2.35. The lowest BCUT2D eigenvalue weighted by molar-refractivity contribution is -0.124. The summed E-state index contributed by atoms with van der Waals surface area (Å²) in [5.74, 6) is 1.28. The van der Waals surface area contributed by atoms with Crippen LogP contribution in [-0.2, 0) is 4.79 Å². The molecule has 0 aliphatic rings. The van der Waals surface area contributed by atoms with E-state index < -0.39 is 0 Å². The van der Waals surface area contributed by atoms with Crippen LogP contribution in [0.4, 0.5) is 0 Å². The van der Waals surface area contributed by atoms with Crippen molar-refractivity contribution in [2.75, 3.05) is 6.61 Å². The van der Waals surface area contributed by atoms with Gasteiger partial charge in [-0.25, -0.2) is 0 Å². The monoisotopic (exact) mass is 373 g/mol. The Morgan fingerprint density at radius 2 is 1.65 bits per heavy atom. The minimum atomic E-state index is -0.135. The Morgan fingerprint density at radius 1 is 1.04 bits per heavy atom. The fourth-order valence-electron chi connectivity index (χ4n) is 2.79. The Labute approximate surface area is 161 Å². The molecule has 0 bridgehead atoms. The van der Waals surface area contributed by atoms with Gasteiger partial charge in [0.05, 0.1) is 6.04 Å². The number of ether oxygens (including phenoxy) is 1. The maximum absolute atomic E-state index is 12.4. The zero-order chi connectivity index (χ0) is 19.3. The van der Waals surface area contributed by atoms with Gasteiger partial charge in [0.2, 0.25) is 0 Å². The summed E-state index contributed by atoms with van der Waals surface area (Å²) in [4.78, 5) is 12.4. The normalized spacial score (nSPS) is 12.3. The van der Waals surface area contributed by atoms with Crippen LogP contribution in [0.15, 0.2) is 42.5 Å². The van der Waals surface area contributed by atoms with Crippen molar-refractivity contribution in [3.8, 4) is 5.75 Å². The second-order valence-electron chi connectivity index (χ2n) is 7.31. The smallest absolute Gasteiger partial charge is 0.258 e. The zero-order valence-corrected chi connectivity index (χ0v) is 16.9. The molecular weight excluding hydrogens is 346 g/mol. The fourth-order valence-corrected chi connectivity index (χ4v) is 2.91. The number of carbonyl (C=O) groups excluding carboxylic acids is 1. The van der Waals surface area contributed by atoms with Crippen LogP contribution in [-0.4, -0.2) is 12.5 Å². The molecule has 0 saturated heterocycles. The molecule has 0 radical (unpaired) electrons. The molecule has 0 spiro atoms. The minimum absolute atomic E-state index is 0.0195. The van der Waals surface area contributed by atoms with Crippen LogP contribution in [0.2, 0.25) is 5.02 Å². The molecule has 1 amide bonds. The second-order valence-corrected chi connectivity index (χ2v) is 7.72. The van der Waals surface area contributed by atoms with Crippen molar-refractivity contribution in [3.05, 3.63) is 64.2 Å². The van der Waals surface area contributed by atoms with Crippen LogP contribution in [0.25, 0.3) is 0 Å². The molecule has 1 atom stereocenters. The second kappa shape index (κ2) is 9.09. The number of nitrogens with one attached hydrogen (secondary N) is 1. The maximum atomic E-state index is 12.4. The van der Waals surface area contributed by atoms with Gasteiger partial charge in [0, 0.05) is 5.02 Å². The molecule has 0 saturated carbocycles. The minimum Gasteiger partial charge on any atom is -0.484 e. The Morgan fingerprint density at radius 3 is 2.19 bits per heavy atom. The molecule has 0 fully saturated rings. The molecule has 0 aliphatic heterocycles. The SMILES string of the molecule is Cc1cc(OCC(=O)N[C@H](c2ccc(C(C)C)cc2)C(C)C)ccc1Cl. The Kier molecular flexibility index (Phi) is 7.10. The van der Waals surface area contributed by atoms with Crippen molar-refractivity contribution >= 4 is 17.5 Å². The molecule has 2 aromatic rings. The Bertz CT molecular complexity index is 738. The number of amides is 1. The summed E-state index contributed by atoms with van der Waals surface area (Å²) in [6.45, 7) is 10.4. The van der Waals surface area contributed by atoms with E-state index in [0.717, 1.165) is 11.1 Å². The molecule has 4 heteroatoms. The van der Waals surface area contributed by atoms with Crippen molar-refractivity contribution < 1.29 is 9.53 Å². The third-order valence-corrected chi connectivity index (χ3v) is 4.87. The first-order chi connectivity index (χ1) is 12.3. The van der Waals surface area contributed by atoms with Gasteiger partial charge in [0.25, 0.3) is 5.91 Å². The van der Waals surface area contributed by atoms with Crippen molar-refractivity contribution in [2.24, 2.45) is 5.92 Å². The first kappa shape index (κ1) is 20.3. The lowest BCUT2D eigenvalue weighted by Gasteiger charge is -2.23. The molecule has 0 aromatic heterocycles. The highest BCUT2D eigenvalue weighted by Crippen LogP contribution is 2.24. The summed E-state index contributed by atoms with van der Waals surface area (Å²) >= 11 is 6.01. The predicted octanol–water partition coefficient (Wildman–Crippen LogP) is 5.66. The quantitative estimate of drug-likeness (QED) is 0.679. The van der Waals surface area contributed by atoms with Gasteiger partial charge < -0.3 is 10.1 Å². The zero-order valence-electron chi connectivity index (χ0n) is 16.2. The van der Waals surface area contributed by atoms with Gasteiger partial charge in [-0.2, -0.15) is 0 Å². The van der Waals surface area contributed by atoms with Crippen LogP contribution < -0.4 is 10.1 Å². The third-order valence-electron chi connectivity index (χ3n) is 4.44.